The maximum atomic E-state index is 12.9. The van der Waals surface area contributed by atoms with Crippen LogP contribution >= 0.6 is 0 Å². The van der Waals surface area contributed by atoms with Gasteiger partial charge >= 0.3 is 17.9 Å². The Bertz CT molecular complexity index is 1450. The molecule has 0 aromatic rings. The van der Waals surface area contributed by atoms with E-state index in [1.807, 2.05) is 21.1 Å². The van der Waals surface area contributed by atoms with Crippen LogP contribution < -0.4 is 0 Å². The lowest BCUT2D eigenvalue weighted by Gasteiger charge is -2.25. The van der Waals surface area contributed by atoms with Crippen molar-refractivity contribution in [2.75, 3.05) is 47.5 Å². The third kappa shape index (κ3) is 62.8. The fourth-order valence-corrected chi connectivity index (χ4v) is 10.1. The second-order valence-electron chi connectivity index (χ2n) is 24.5. The second-order valence-corrected chi connectivity index (χ2v) is 24.5. The van der Waals surface area contributed by atoms with Crippen molar-refractivity contribution in [3.05, 3.63) is 48.6 Å². The number of carboxylic acids is 1. The quantitative estimate of drug-likeness (QED) is 0.0211. The van der Waals surface area contributed by atoms with Gasteiger partial charge in [0.1, 0.15) is 13.2 Å². The van der Waals surface area contributed by atoms with Gasteiger partial charge < -0.3 is 28.5 Å². The van der Waals surface area contributed by atoms with E-state index in [0.29, 0.717) is 23.9 Å². The zero-order valence-corrected chi connectivity index (χ0v) is 53.5. The van der Waals surface area contributed by atoms with Gasteiger partial charge in [-0.25, -0.2) is 4.79 Å². The maximum absolute atomic E-state index is 12.9. The number of esters is 2. The third-order valence-electron chi connectivity index (χ3n) is 15.3. The van der Waals surface area contributed by atoms with Gasteiger partial charge in [0.15, 0.2) is 6.10 Å². The lowest BCUT2D eigenvalue weighted by atomic mass is 10.0. The van der Waals surface area contributed by atoms with E-state index < -0.39 is 24.3 Å². The molecule has 0 heterocycles. The maximum Gasteiger partial charge on any atom is 0.361 e. The Balaban J connectivity index is 3.99. The van der Waals surface area contributed by atoms with Gasteiger partial charge in [-0.15, -0.1) is 0 Å². The Morgan fingerprint density at radius 2 is 0.713 bits per heavy atom. The molecule has 0 spiro atoms. The number of allylic oxidation sites excluding steroid dienone is 8. The molecule has 0 fully saturated rings. The van der Waals surface area contributed by atoms with Crippen LogP contribution in [-0.2, 0) is 33.3 Å². The Morgan fingerprint density at radius 3 is 1.06 bits per heavy atom. The first-order chi connectivity index (χ1) is 39.1. The molecule has 0 aromatic carbocycles. The van der Waals surface area contributed by atoms with Crippen molar-refractivity contribution >= 4 is 17.9 Å². The summed E-state index contributed by atoms with van der Waals surface area (Å²) in [5.41, 5.74) is 0. The Kier molecular flexibility index (Phi) is 60.2. The minimum absolute atomic E-state index is 0.185. The first kappa shape index (κ1) is 77.2. The normalized spacial score (nSPS) is 13.0. The van der Waals surface area contributed by atoms with Crippen LogP contribution in [0.5, 0.6) is 0 Å². The summed E-state index contributed by atoms with van der Waals surface area (Å²) in [5, 5.41) is 9.72. The molecule has 0 aliphatic carbocycles. The molecule has 9 nitrogen and oxygen atoms in total. The molecule has 0 radical (unpaired) electrons. The number of quaternary nitrogens is 1. The van der Waals surface area contributed by atoms with Crippen molar-refractivity contribution in [3.63, 3.8) is 0 Å². The Labute approximate surface area is 495 Å². The Morgan fingerprint density at radius 1 is 0.388 bits per heavy atom. The first-order valence-corrected chi connectivity index (χ1v) is 34.3. The molecule has 468 valence electrons. The summed E-state index contributed by atoms with van der Waals surface area (Å²) < 4.78 is 22.9. The van der Waals surface area contributed by atoms with Crippen LogP contribution in [0, 0.1) is 0 Å². The van der Waals surface area contributed by atoms with Crippen molar-refractivity contribution in [1.82, 2.24) is 0 Å². The monoisotopic (exact) mass is 1130 g/mol. The number of rotatable bonds is 64. The van der Waals surface area contributed by atoms with Gasteiger partial charge in [0.2, 0.25) is 0 Å². The van der Waals surface area contributed by atoms with E-state index in [1.54, 1.807) is 0 Å². The van der Waals surface area contributed by atoms with Crippen LogP contribution in [0.15, 0.2) is 48.6 Å². The van der Waals surface area contributed by atoms with Gasteiger partial charge in [-0.2, -0.15) is 0 Å². The summed E-state index contributed by atoms with van der Waals surface area (Å²) in [6, 6.07) is 0. The molecule has 0 bridgehead atoms. The van der Waals surface area contributed by atoms with Crippen molar-refractivity contribution in [2.24, 2.45) is 0 Å². The minimum atomic E-state index is -1.51. The van der Waals surface area contributed by atoms with Crippen LogP contribution in [-0.4, -0.2) is 87.4 Å². The van der Waals surface area contributed by atoms with Gasteiger partial charge in [0.05, 0.1) is 34.4 Å². The molecule has 9 heteroatoms. The summed E-state index contributed by atoms with van der Waals surface area (Å²) in [6.07, 6.45) is 76.7. The number of aliphatic carboxylic acids is 1. The van der Waals surface area contributed by atoms with Crippen LogP contribution in [0.4, 0.5) is 0 Å². The number of hydrogen-bond acceptors (Lipinski definition) is 7. The molecule has 0 saturated carbocycles. The number of carboxylic acid groups (broad SMARTS) is 1. The highest BCUT2D eigenvalue weighted by atomic mass is 16.7. The summed E-state index contributed by atoms with van der Waals surface area (Å²) in [5.74, 6) is -2.01. The summed E-state index contributed by atoms with van der Waals surface area (Å²) in [6.45, 7) is 4.79. The van der Waals surface area contributed by atoms with Crippen molar-refractivity contribution < 1.29 is 42.9 Å². The summed E-state index contributed by atoms with van der Waals surface area (Å²) in [4.78, 5) is 37.5. The molecular weight excluding hydrogens is 995 g/mol. The molecule has 2 atom stereocenters. The first-order valence-electron chi connectivity index (χ1n) is 34.3. The number of carbonyl (C=O) groups excluding carboxylic acids is 2. The highest BCUT2D eigenvalue weighted by Gasteiger charge is 2.25. The SMILES string of the molecule is CC/C=C\C/C=C\C/C=C\C/C=C\CCCCCCCCC(=O)OC(COC(=O)CCCCCCCCCCCCCCCCCCCCCCCCCCCCCCCCCCCCCC)COC(OCC[N+](C)(C)C)C(=O)O. The number of nitrogens with zero attached hydrogens (tertiary/aromatic N) is 1. The van der Waals surface area contributed by atoms with Gasteiger partial charge in [0.25, 0.3) is 6.29 Å². The molecule has 0 saturated heterocycles. The van der Waals surface area contributed by atoms with Gasteiger partial charge in [-0.05, 0) is 51.4 Å². The fraction of sp³-hybridized carbons (Fsp3) is 0.845. The molecule has 0 aliphatic rings. The molecule has 1 N–H and O–H groups in total. The van der Waals surface area contributed by atoms with E-state index in [-0.39, 0.29) is 32.2 Å². The lowest BCUT2D eigenvalue weighted by molar-refractivity contribution is -0.870. The van der Waals surface area contributed by atoms with Crippen molar-refractivity contribution in [2.45, 2.75) is 341 Å². The molecule has 0 aromatic heterocycles. The largest absolute Gasteiger partial charge is 0.477 e. The average Bonchev–Trinajstić information content (AvgIpc) is 3.43. The number of likely N-dealkylation sites (N-methyl/N-ethyl adjacent to an activating group) is 1. The van der Waals surface area contributed by atoms with Crippen LogP contribution in [0.25, 0.3) is 0 Å². The minimum Gasteiger partial charge on any atom is -0.477 e. The van der Waals surface area contributed by atoms with Gasteiger partial charge in [-0.1, -0.05) is 313 Å². The van der Waals surface area contributed by atoms with E-state index in [9.17, 15) is 19.5 Å². The molecule has 0 aliphatic heterocycles. The average molecular weight is 1130 g/mol. The zero-order chi connectivity index (χ0) is 58.3. The van der Waals surface area contributed by atoms with E-state index in [0.717, 1.165) is 83.5 Å². The van der Waals surface area contributed by atoms with E-state index in [2.05, 4.69) is 62.5 Å². The fourth-order valence-electron chi connectivity index (χ4n) is 10.1. The number of ether oxygens (including phenoxy) is 4. The smallest absolute Gasteiger partial charge is 0.361 e. The zero-order valence-electron chi connectivity index (χ0n) is 53.5. The predicted octanol–water partition coefficient (Wildman–Crippen LogP) is 21.0. The highest BCUT2D eigenvalue weighted by molar-refractivity contribution is 5.71. The predicted molar refractivity (Wildman–Crippen MR) is 341 cm³/mol. The lowest BCUT2D eigenvalue weighted by Crippen LogP contribution is -2.40. The van der Waals surface area contributed by atoms with E-state index >= 15 is 0 Å². The summed E-state index contributed by atoms with van der Waals surface area (Å²) in [7, 11) is 5.97. The van der Waals surface area contributed by atoms with E-state index in [1.165, 1.54) is 212 Å². The molecule has 2 unspecified atom stereocenters. The van der Waals surface area contributed by atoms with Crippen LogP contribution in [0.2, 0.25) is 0 Å². The highest BCUT2D eigenvalue weighted by Crippen LogP contribution is 2.19. The molecule has 0 rings (SSSR count). The van der Waals surface area contributed by atoms with Crippen molar-refractivity contribution in [3.8, 4) is 0 Å². The second kappa shape index (κ2) is 62.3. The van der Waals surface area contributed by atoms with Crippen molar-refractivity contribution in [1.29, 1.82) is 0 Å². The topological polar surface area (TPSA) is 108 Å². The third-order valence-corrected chi connectivity index (χ3v) is 15.3. The van der Waals surface area contributed by atoms with Crippen LogP contribution in [0.3, 0.4) is 0 Å². The molecule has 80 heavy (non-hydrogen) atoms. The summed E-state index contributed by atoms with van der Waals surface area (Å²) >= 11 is 0. The van der Waals surface area contributed by atoms with Gasteiger partial charge in [-0.3, -0.25) is 9.59 Å². The molecular formula is C71H132NO8+. The molecule has 0 amide bonds. The number of carbonyl (C=O) groups is 3. The number of unbranched alkanes of at least 4 members (excludes halogenated alkanes) is 41. The van der Waals surface area contributed by atoms with Gasteiger partial charge in [0, 0.05) is 12.8 Å². The van der Waals surface area contributed by atoms with Crippen LogP contribution in [0.1, 0.15) is 328 Å². The van der Waals surface area contributed by atoms with E-state index in [4.69, 9.17) is 18.9 Å². The number of hydrogen-bond donors (Lipinski definition) is 1. The Hall–Kier alpha value is -2.75. The standard InChI is InChI=1S/C71H131NO8/c1-6-8-10-12-14-16-18-20-22-24-26-27-28-29-30-31-32-33-34-35-36-37-38-39-40-41-42-44-45-47-49-51-53-55-57-59-61-68(73)78-65-67(66-79-71(70(75)76)77-64-63-72(3,4)5)80-69(74)62-60-58-56-54-52-50-48-46-43-25-23-21-19-17-15-13-11-9-7-2/h9,11,15,17,21,23,43,46,67,71H,6-8,10,12-14,16,18-20,22,24-42,44-45,47-66H2,1-5H3/p+1/b11-9-,17-15-,23-21-,46-43-.